The summed E-state index contributed by atoms with van der Waals surface area (Å²) in [6.07, 6.45) is 0.582. The van der Waals surface area contributed by atoms with Crippen LogP contribution in [0, 0.1) is 5.92 Å². The first-order valence-electron chi connectivity index (χ1n) is 6.76. The number of hydrogen-bond acceptors (Lipinski definition) is 3. The minimum Gasteiger partial charge on any atom is -0.497 e. The van der Waals surface area contributed by atoms with E-state index in [1.165, 1.54) is 4.90 Å². The molecule has 0 aromatic heterocycles. The molecule has 2 atom stereocenters. The highest BCUT2D eigenvalue weighted by atomic mass is 35.5. The average molecular weight is 312 g/mol. The third-order valence-corrected chi connectivity index (χ3v) is 4.12. The molecule has 1 aromatic carbocycles. The van der Waals surface area contributed by atoms with Gasteiger partial charge in [0.1, 0.15) is 11.8 Å². The molecule has 0 bridgehead atoms. The van der Waals surface area contributed by atoms with E-state index in [0.29, 0.717) is 24.6 Å². The van der Waals surface area contributed by atoms with Gasteiger partial charge >= 0.3 is 5.97 Å². The van der Waals surface area contributed by atoms with Crippen LogP contribution in [0.5, 0.6) is 5.75 Å². The molecule has 1 heterocycles. The third-order valence-electron chi connectivity index (χ3n) is 3.68. The Hall–Kier alpha value is -1.75. The Morgan fingerprint density at radius 1 is 1.57 bits per heavy atom. The smallest absolute Gasteiger partial charge is 0.326 e. The van der Waals surface area contributed by atoms with Crippen LogP contribution in [0.25, 0.3) is 0 Å². The number of carbonyl (C=O) groups excluding carboxylic acids is 1. The molecule has 1 aliphatic rings. The van der Waals surface area contributed by atoms with Gasteiger partial charge < -0.3 is 14.7 Å². The predicted molar refractivity (Wildman–Crippen MR) is 78.7 cm³/mol. The summed E-state index contributed by atoms with van der Waals surface area (Å²) < 4.78 is 5.13. The van der Waals surface area contributed by atoms with E-state index in [1.54, 1.807) is 25.3 Å². The molecule has 1 aliphatic heterocycles. The zero-order chi connectivity index (χ0) is 15.4. The second-order valence-electron chi connectivity index (χ2n) is 5.18. The number of carboxylic acids is 1. The van der Waals surface area contributed by atoms with Gasteiger partial charge in [0.15, 0.2) is 0 Å². The number of carboxylic acid groups (broad SMARTS) is 1. The van der Waals surface area contributed by atoms with Crippen LogP contribution in [0.15, 0.2) is 24.3 Å². The molecule has 5 nitrogen and oxygen atoms in total. The summed E-state index contributed by atoms with van der Waals surface area (Å²) in [6, 6.07) is 6.36. The molecular formula is C15H18ClNO4. The third kappa shape index (κ3) is 3.67. The van der Waals surface area contributed by atoms with E-state index >= 15 is 0 Å². The Morgan fingerprint density at radius 3 is 2.90 bits per heavy atom. The fourth-order valence-corrected chi connectivity index (χ4v) is 2.77. The van der Waals surface area contributed by atoms with E-state index < -0.39 is 12.0 Å². The second kappa shape index (κ2) is 6.80. The van der Waals surface area contributed by atoms with E-state index in [-0.39, 0.29) is 18.2 Å². The molecule has 1 saturated heterocycles. The van der Waals surface area contributed by atoms with E-state index in [1.807, 2.05) is 6.07 Å². The Labute approximate surface area is 128 Å². The van der Waals surface area contributed by atoms with Gasteiger partial charge in [-0.1, -0.05) is 12.1 Å². The van der Waals surface area contributed by atoms with Crippen molar-refractivity contribution in [3.8, 4) is 5.75 Å². The summed E-state index contributed by atoms with van der Waals surface area (Å²) in [4.78, 5) is 24.9. The zero-order valence-corrected chi connectivity index (χ0v) is 12.5. The maximum Gasteiger partial charge on any atom is 0.326 e. The standard InChI is InChI=1S/C15H18ClNO4/c1-21-12-4-2-3-10(5-12)6-13(15(19)20)17-9-11(8-16)7-14(17)18/h2-5,11,13H,6-9H2,1H3,(H,19,20). The molecule has 1 amide bonds. The van der Waals surface area contributed by atoms with Crippen LogP contribution < -0.4 is 4.74 Å². The van der Waals surface area contributed by atoms with Crippen molar-refractivity contribution in [3.63, 3.8) is 0 Å². The van der Waals surface area contributed by atoms with Gasteiger partial charge in [-0.05, 0) is 23.6 Å². The fourth-order valence-electron chi connectivity index (χ4n) is 2.57. The molecule has 1 aromatic rings. The number of hydrogen-bond donors (Lipinski definition) is 1. The highest BCUT2D eigenvalue weighted by Crippen LogP contribution is 2.24. The topological polar surface area (TPSA) is 66.8 Å². The minimum atomic E-state index is -0.999. The van der Waals surface area contributed by atoms with Gasteiger partial charge in [0.25, 0.3) is 0 Å². The number of benzene rings is 1. The average Bonchev–Trinajstić information content (AvgIpc) is 2.85. The molecule has 0 spiro atoms. The number of aliphatic carboxylic acids is 1. The van der Waals surface area contributed by atoms with Crippen molar-refractivity contribution in [2.75, 3.05) is 19.5 Å². The van der Waals surface area contributed by atoms with Gasteiger partial charge in [0, 0.05) is 25.3 Å². The van der Waals surface area contributed by atoms with Gasteiger partial charge in [-0.3, -0.25) is 4.79 Å². The van der Waals surface area contributed by atoms with Crippen LogP contribution in [0.4, 0.5) is 0 Å². The first kappa shape index (κ1) is 15.6. The number of alkyl halides is 1. The van der Waals surface area contributed by atoms with Crippen LogP contribution in [0.3, 0.4) is 0 Å². The van der Waals surface area contributed by atoms with E-state index in [2.05, 4.69) is 0 Å². The van der Waals surface area contributed by atoms with Crippen molar-refractivity contribution >= 4 is 23.5 Å². The van der Waals surface area contributed by atoms with E-state index in [9.17, 15) is 14.7 Å². The van der Waals surface area contributed by atoms with Gasteiger partial charge in [-0.25, -0.2) is 4.79 Å². The molecule has 0 radical (unpaired) electrons. The largest absolute Gasteiger partial charge is 0.497 e. The van der Waals surface area contributed by atoms with Gasteiger partial charge in [0.2, 0.25) is 5.91 Å². The Morgan fingerprint density at radius 2 is 2.33 bits per heavy atom. The van der Waals surface area contributed by atoms with Crippen molar-refractivity contribution in [1.29, 1.82) is 0 Å². The number of ether oxygens (including phenoxy) is 1. The second-order valence-corrected chi connectivity index (χ2v) is 5.49. The van der Waals surface area contributed by atoms with Crippen molar-refractivity contribution in [3.05, 3.63) is 29.8 Å². The SMILES string of the molecule is COc1cccc(CC(C(=O)O)N2CC(CCl)CC2=O)c1. The van der Waals surface area contributed by atoms with E-state index in [0.717, 1.165) is 5.56 Å². The summed E-state index contributed by atoms with van der Waals surface area (Å²) in [5, 5.41) is 9.44. The lowest BCUT2D eigenvalue weighted by atomic mass is 10.0. The molecule has 2 rings (SSSR count). The summed E-state index contributed by atoms with van der Waals surface area (Å²) in [5.41, 5.74) is 0.823. The van der Waals surface area contributed by atoms with Crippen LogP contribution in [-0.2, 0) is 16.0 Å². The van der Waals surface area contributed by atoms with Crippen molar-refractivity contribution < 1.29 is 19.4 Å². The number of likely N-dealkylation sites (tertiary alicyclic amines) is 1. The monoisotopic (exact) mass is 311 g/mol. The maximum atomic E-state index is 12.0. The lowest BCUT2D eigenvalue weighted by Crippen LogP contribution is -2.43. The number of nitrogens with zero attached hydrogens (tertiary/aromatic N) is 1. The molecule has 1 N–H and O–H groups in total. The summed E-state index contributed by atoms with van der Waals surface area (Å²) >= 11 is 5.78. The summed E-state index contributed by atoms with van der Waals surface area (Å²) in [5.74, 6) is -0.0695. The Bertz CT molecular complexity index is 534. The number of amides is 1. The van der Waals surface area contributed by atoms with E-state index in [4.69, 9.17) is 16.3 Å². The number of rotatable bonds is 6. The molecule has 2 unspecified atom stereocenters. The highest BCUT2D eigenvalue weighted by molar-refractivity contribution is 6.18. The lowest BCUT2D eigenvalue weighted by molar-refractivity contribution is -0.148. The fraction of sp³-hybridized carbons (Fsp3) is 0.467. The molecule has 6 heteroatoms. The Kier molecular flexibility index (Phi) is 5.07. The minimum absolute atomic E-state index is 0.0336. The van der Waals surface area contributed by atoms with Crippen LogP contribution in [0.1, 0.15) is 12.0 Å². The highest BCUT2D eigenvalue weighted by Gasteiger charge is 2.37. The first-order chi connectivity index (χ1) is 10.0. The molecule has 1 fully saturated rings. The van der Waals surface area contributed by atoms with Crippen molar-refractivity contribution in [1.82, 2.24) is 4.90 Å². The molecular weight excluding hydrogens is 294 g/mol. The zero-order valence-electron chi connectivity index (χ0n) is 11.8. The summed E-state index contributed by atoms with van der Waals surface area (Å²) in [6.45, 7) is 0.406. The van der Waals surface area contributed by atoms with Gasteiger partial charge in [0.05, 0.1) is 7.11 Å². The molecule has 0 aliphatic carbocycles. The van der Waals surface area contributed by atoms with Crippen molar-refractivity contribution in [2.45, 2.75) is 18.9 Å². The quantitative estimate of drug-likeness (QED) is 0.813. The number of carbonyl (C=O) groups is 2. The normalized spacial score (nSPS) is 19.6. The van der Waals surface area contributed by atoms with Gasteiger partial charge in [-0.15, -0.1) is 11.6 Å². The molecule has 21 heavy (non-hydrogen) atoms. The first-order valence-corrected chi connectivity index (χ1v) is 7.29. The molecule has 0 saturated carbocycles. The van der Waals surface area contributed by atoms with Gasteiger partial charge in [-0.2, -0.15) is 0 Å². The van der Waals surface area contributed by atoms with Crippen LogP contribution >= 0.6 is 11.6 Å². The van der Waals surface area contributed by atoms with Crippen LogP contribution in [-0.4, -0.2) is 47.5 Å². The predicted octanol–water partition coefficient (Wildman–Crippen LogP) is 1.78. The maximum absolute atomic E-state index is 12.0. The lowest BCUT2D eigenvalue weighted by Gasteiger charge is -2.24. The Balaban J connectivity index is 2.16. The summed E-state index contributed by atoms with van der Waals surface area (Å²) in [7, 11) is 1.56. The number of methoxy groups -OCH3 is 1. The van der Waals surface area contributed by atoms with Crippen LogP contribution in [0.2, 0.25) is 0 Å². The number of halogens is 1. The molecule has 114 valence electrons. The van der Waals surface area contributed by atoms with Crippen molar-refractivity contribution in [2.24, 2.45) is 5.92 Å².